The van der Waals surface area contributed by atoms with E-state index in [0.717, 1.165) is 32.4 Å². The van der Waals surface area contributed by atoms with Crippen molar-refractivity contribution in [3.63, 3.8) is 0 Å². The van der Waals surface area contributed by atoms with E-state index in [2.05, 4.69) is 10.0 Å². The number of rotatable bonds is 5. The molecule has 1 fully saturated rings. The second-order valence-electron chi connectivity index (χ2n) is 3.80. The first-order valence-electron chi connectivity index (χ1n) is 5.53. The molecule has 0 aromatic rings. The van der Waals surface area contributed by atoms with E-state index in [1.54, 1.807) is 4.31 Å². The smallest absolute Gasteiger partial charge is 0.279 e. The zero-order valence-electron chi connectivity index (χ0n) is 9.49. The lowest BCUT2D eigenvalue weighted by atomic mass is 10.1. The van der Waals surface area contributed by atoms with Gasteiger partial charge in [-0.2, -0.15) is 12.7 Å². The predicted octanol–water partition coefficient (Wildman–Crippen LogP) is -0.0854. The molecule has 0 amide bonds. The largest absolute Gasteiger partial charge is 0.317 e. The van der Waals surface area contributed by atoms with Crippen LogP contribution in [-0.4, -0.2) is 45.4 Å². The molecule has 0 aliphatic carbocycles. The van der Waals surface area contributed by atoms with Crippen LogP contribution in [0.3, 0.4) is 0 Å². The van der Waals surface area contributed by atoms with E-state index in [1.165, 1.54) is 7.05 Å². The molecule has 0 atom stereocenters. The Morgan fingerprint density at radius 2 is 2.00 bits per heavy atom. The minimum atomic E-state index is -3.27. The molecule has 0 saturated carbocycles. The average molecular weight is 235 g/mol. The lowest BCUT2D eigenvalue weighted by Gasteiger charge is -2.33. The third kappa shape index (κ3) is 3.41. The zero-order chi connectivity index (χ0) is 11.3. The molecule has 1 heterocycles. The van der Waals surface area contributed by atoms with Gasteiger partial charge in [-0.1, -0.05) is 6.92 Å². The second-order valence-corrected chi connectivity index (χ2v) is 5.63. The second kappa shape index (κ2) is 5.79. The lowest BCUT2D eigenvalue weighted by Crippen LogP contribution is -2.49. The number of hydrogen-bond acceptors (Lipinski definition) is 3. The molecule has 90 valence electrons. The quantitative estimate of drug-likeness (QED) is 0.700. The van der Waals surface area contributed by atoms with Crippen molar-refractivity contribution in [2.75, 3.05) is 26.7 Å². The van der Waals surface area contributed by atoms with Crippen LogP contribution in [-0.2, 0) is 10.2 Å². The highest BCUT2D eigenvalue weighted by atomic mass is 32.2. The van der Waals surface area contributed by atoms with Crippen molar-refractivity contribution < 1.29 is 8.42 Å². The fourth-order valence-corrected chi connectivity index (χ4v) is 3.19. The van der Waals surface area contributed by atoms with Crippen molar-refractivity contribution in [2.45, 2.75) is 32.2 Å². The van der Waals surface area contributed by atoms with E-state index in [1.807, 2.05) is 6.92 Å². The summed E-state index contributed by atoms with van der Waals surface area (Å²) >= 11 is 0. The first kappa shape index (κ1) is 12.9. The maximum Gasteiger partial charge on any atom is 0.279 e. The van der Waals surface area contributed by atoms with Gasteiger partial charge in [0.25, 0.3) is 10.2 Å². The van der Waals surface area contributed by atoms with Crippen LogP contribution in [0.2, 0.25) is 0 Å². The van der Waals surface area contributed by atoms with Crippen molar-refractivity contribution in [3.05, 3.63) is 0 Å². The molecule has 0 unspecified atom stereocenters. The molecule has 1 saturated heterocycles. The monoisotopic (exact) mass is 235 g/mol. The fourth-order valence-electron chi connectivity index (χ4n) is 1.93. The van der Waals surface area contributed by atoms with Gasteiger partial charge in [0.2, 0.25) is 0 Å². The summed E-state index contributed by atoms with van der Waals surface area (Å²) in [7, 11) is -1.80. The summed E-state index contributed by atoms with van der Waals surface area (Å²) in [4.78, 5) is 0. The maximum absolute atomic E-state index is 11.8. The van der Waals surface area contributed by atoms with Crippen molar-refractivity contribution in [2.24, 2.45) is 0 Å². The molecule has 0 bridgehead atoms. The third-order valence-electron chi connectivity index (χ3n) is 2.73. The summed E-state index contributed by atoms with van der Waals surface area (Å²) in [6, 6.07) is 0.156. The van der Waals surface area contributed by atoms with Crippen LogP contribution in [0.15, 0.2) is 0 Å². The molecule has 6 heteroatoms. The highest BCUT2D eigenvalue weighted by Crippen LogP contribution is 2.15. The third-order valence-corrected chi connectivity index (χ3v) is 4.34. The van der Waals surface area contributed by atoms with E-state index in [0.29, 0.717) is 6.54 Å². The van der Waals surface area contributed by atoms with Crippen LogP contribution in [0.25, 0.3) is 0 Å². The lowest BCUT2D eigenvalue weighted by molar-refractivity contribution is 0.260. The van der Waals surface area contributed by atoms with Gasteiger partial charge in [-0.05, 0) is 32.4 Å². The summed E-state index contributed by atoms with van der Waals surface area (Å²) in [6.07, 6.45) is 2.66. The van der Waals surface area contributed by atoms with Crippen molar-refractivity contribution in [1.82, 2.24) is 14.3 Å². The van der Waals surface area contributed by atoms with Gasteiger partial charge in [-0.25, -0.2) is 4.72 Å². The Hall–Kier alpha value is -0.170. The number of hydrogen-bond donors (Lipinski definition) is 2. The van der Waals surface area contributed by atoms with Crippen molar-refractivity contribution in [1.29, 1.82) is 0 Å². The van der Waals surface area contributed by atoms with Gasteiger partial charge in [0.05, 0.1) is 0 Å². The first-order chi connectivity index (χ1) is 7.11. The Labute approximate surface area is 92.4 Å². The van der Waals surface area contributed by atoms with Crippen LogP contribution in [0.4, 0.5) is 0 Å². The van der Waals surface area contributed by atoms with E-state index in [9.17, 15) is 8.42 Å². The van der Waals surface area contributed by atoms with E-state index < -0.39 is 10.2 Å². The standard InChI is InChI=1S/C9H21N3O2S/c1-3-8-12(15(13,14)10-2)9-4-6-11-7-5-9/h9-11H,3-8H2,1-2H3. The molecule has 0 aromatic carbocycles. The normalized spacial score (nSPS) is 19.7. The van der Waals surface area contributed by atoms with E-state index in [-0.39, 0.29) is 6.04 Å². The topological polar surface area (TPSA) is 61.4 Å². The summed E-state index contributed by atoms with van der Waals surface area (Å²) in [5.41, 5.74) is 0. The van der Waals surface area contributed by atoms with Gasteiger partial charge in [-0.15, -0.1) is 0 Å². The summed E-state index contributed by atoms with van der Waals surface area (Å²) in [5.74, 6) is 0. The number of nitrogens with zero attached hydrogens (tertiary/aromatic N) is 1. The molecule has 1 aliphatic heterocycles. The van der Waals surface area contributed by atoms with Gasteiger partial charge in [0.1, 0.15) is 0 Å². The van der Waals surface area contributed by atoms with Gasteiger partial charge >= 0.3 is 0 Å². The van der Waals surface area contributed by atoms with Gasteiger partial charge in [0.15, 0.2) is 0 Å². The van der Waals surface area contributed by atoms with Crippen LogP contribution in [0.1, 0.15) is 26.2 Å². The summed E-state index contributed by atoms with van der Waals surface area (Å²) < 4.78 is 27.6. The summed E-state index contributed by atoms with van der Waals surface area (Å²) in [6.45, 7) is 4.42. The van der Waals surface area contributed by atoms with Gasteiger partial charge < -0.3 is 5.32 Å². The average Bonchev–Trinajstić information content (AvgIpc) is 2.27. The number of piperidine rings is 1. The van der Waals surface area contributed by atoms with Gasteiger partial charge in [-0.3, -0.25) is 0 Å². The van der Waals surface area contributed by atoms with E-state index >= 15 is 0 Å². The molecule has 0 radical (unpaired) electrons. The van der Waals surface area contributed by atoms with Crippen molar-refractivity contribution in [3.8, 4) is 0 Å². The minimum absolute atomic E-state index is 0.156. The van der Waals surface area contributed by atoms with Gasteiger partial charge in [0, 0.05) is 19.6 Å². The van der Waals surface area contributed by atoms with Crippen LogP contribution < -0.4 is 10.0 Å². The Morgan fingerprint density at radius 1 is 1.40 bits per heavy atom. The molecule has 1 rings (SSSR count). The SMILES string of the molecule is CCCN(C1CCNCC1)S(=O)(=O)NC. The maximum atomic E-state index is 11.8. The van der Waals surface area contributed by atoms with E-state index in [4.69, 9.17) is 0 Å². The highest BCUT2D eigenvalue weighted by Gasteiger charge is 2.28. The Morgan fingerprint density at radius 3 is 2.47 bits per heavy atom. The van der Waals surface area contributed by atoms with Crippen LogP contribution >= 0.6 is 0 Å². The summed E-state index contributed by atoms with van der Waals surface area (Å²) in [5, 5.41) is 3.24. The Kier molecular flexibility index (Phi) is 4.98. The minimum Gasteiger partial charge on any atom is -0.317 e. The fraction of sp³-hybridized carbons (Fsp3) is 1.00. The first-order valence-corrected chi connectivity index (χ1v) is 6.97. The number of nitrogens with one attached hydrogen (secondary N) is 2. The Balaban J connectivity index is 2.72. The molecule has 5 nitrogen and oxygen atoms in total. The Bertz CT molecular complexity index is 273. The zero-order valence-corrected chi connectivity index (χ0v) is 10.3. The molecule has 15 heavy (non-hydrogen) atoms. The van der Waals surface area contributed by atoms with Crippen LogP contribution in [0.5, 0.6) is 0 Å². The molecule has 0 spiro atoms. The van der Waals surface area contributed by atoms with Crippen LogP contribution in [0, 0.1) is 0 Å². The molecular formula is C9H21N3O2S. The molecule has 1 aliphatic rings. The highest BCUT2D eigenvalue weighted by molar-refractivity contribution is 7.87. The molecular weight excluding hydrogens is 214 g/mol. The molecule has 0 aromatic heterocycles. The van der Waals surface area contributed by atoms with Crippen molar-refractivity contribution >= 4 is 10.2 Å². The molecule has 2 N–H and O–H groups in total. The predicted molar refractivity (Wildman–Crippen MR) is 60.9 cm³/mol.